The number of hydrogen-bond acceptors (Lipinski definition) is 5. The minimum atomic E-state index is -4.47. The number of rotatable bonds is 12. The molecule has 3 aromatic carbocycles. The van der Waals surface area contributed by atoms with Crippen LogP contribution >= 0.6 is 0 Å². The summed E-state index contributed by atoms with van der Waals surface area (Å²) in [5, 5.41) is 8.87. The highest BCUT2D eigenvalue weighted by Gasteiger charge is 2.31. The standard InChI is InChI=1S/C37H42F3N3O3/c1-22(2)32-17-33(27(7)13-26(32)6)34-15-25(5)24(4)14-29(34)21-43(20-28-11-23(3)12-30(16-28)37(38,39)40)36-41-18-31(19-42-36)46-10-8-9-35(44)45/h11-19,22H,8-10,20-21H2,1-7H3,(H,44,45). The molecule has 0 unspecified atom stereocenters. The summed E-state index contributed by atoms with van der Waals surface area (Å²) in [5.74, 6) is 0.156. The number of nitrogens with zero attached hydrogens (tertiary/aromatic N) is 3. The lowest BCUT2D eigenvalue weighted by Crippen LogP contribution is -2.25. The first-order valence-electron chi connectivity index (χ1n) is 15.4. The summed E-state index contributed by atoms with van der Waals surface area (Å²) in [6, 6.07) is 12.9. The lowest BCUT2D eigenvalue weighted by molar-refractivity contribution is -0.138. The van der Waals surface area contributed by atoms with E-state index in [0.717, 1.165) is 39.4 Å². The van der Waals surface area contributed by atoms with Gasteiger partial charge in [-0.1, -0.05) is 49.7 Å². The van der Waals surface area contributed by atoms with Crippen molar-refractivity contribution in [3.05, 3.63) is 105 Å². The van der Waals surface area contributed by atoms with Gasteiger partial charge in [0, 0.05) is 19.5 Å². The molecule has 1 N–H and O–H groups in total. The van der Waals surface area contributed by atoms with Crippen molar-refractivity contribution < 1.29 is 27.8 Å². The van der Waals surface area contributed by atoms with E-state index in [1.807, 2.05) is 4.90 Å². The quantitative estimate of drug-likeness (QED) is 0.157. The number of hydrogen-bond donors (Lipinski definition) is 1. The normalized spacial score (nSPS) is 11.6. The van der Waals surface area contributed by atoms with Gasteiger partial charge in [-0.2, -0.15) is 13.2 Å². The zero-order valence-corrected chi connectivity index (χ0v) is 27.5. The summed E-state index contributed by atoms with van der Waals surface area (Å²) in [6.07, 6.45) is -1.13. The summed E-state index contributed by atoms with van der Waals surface area (Å²) in [4.78, 5) is 21.8. The molecule has 0 amide bonds. The van der Waals surface area contributed by atoms with Crippen LogP contribution < -0.4 is 9.64 Å². The Labute approximate surface area is 269 Å². The topological polar surface area (TPSA) is 75.6 Å². The highest BCUT2D eigenvalue weighted by Crippen LogP contribution is 2.36. The van der Waals surface area contributed by atoms with Crippen LogP contribution in [0.25, 0.3) is 11.1 Å². The third-order valence-electron chi connectivity index (χ3n) is 8.14. The van der Waals surface area contributed by atoms with E-state index in [0.29, 0.717) is 41.7 Å². The Morgan fingerprint density at radius 2 is 1.52 bits per heavy atom. The maximum atomic E-state index is 13.8. The van der Waals surface area contributed by atoms with Crippen molar-refractivity contribution in [3.63, 3.8) is 0 Å². The Kier molecular flexibility index (Phi) is 10.8. The van der Waals surface area contributed by atoms with Crippen LogP contribution in [0.5, 0.6) is 5.75 Å². The van der Waals surface area contributed by atoms with E-state index >= 15 is 0 Å². The molecule has 9 heteroatoms. The van der Waals surface area contributed by atoms with Crippen molar-refractivity contribution in [3.8, 4) is 16.9 Å². The van der Waals surface area contributed by atoms with E-state index in [1.54, 1.807) is 13.0 Å². The Bertz CT molecular complexity index is 1700. The Balaban J connectivity index is 1.78. The smallest absolute Gasteiger partial charge is 0.416 e. The number of carboxylic acids is 1. The van der Waals surface area contributed by atoms with E-state index in [9.17, 15) is 18.0 Å². The summed E-state index contributed by atoms with van der Waals surface area (Å²) in [5.41, 5.74) is 9.39. The third kappa shape index (κ3) is 8.65. The molecule has 0 saturated carbocycles. The van der Waals surface area contributed by atoms with Gasteiger partial charge in [0.15, 0.2) is 5.75 Å². The van der Waals surface area contributed by atoms with Crippen molar-refractivity contribution in [2.45, 2.75) is 86.5 Å². The molecule has 6 nitrogen and oxygen atoms in total. The van der Waals surface area contributed by atoms with Crippen LogP contribution in [0.1, 0.15) is 82.7 Å². The first kappa shape index (κ1) is 34.5. The molecule has 0 aliphatic carbocycles. The summed E-state index contributed by atoms with van der Waals surface area (Å²) >= 11 is 0. The highest BCUT2D eigenvalue weighted by atomic mass is 19.4. The first-order chi connectivity index (χ1) is 21.6. The second-order valence-electron chi connectivity index (χ2n) is 12.4. The van der Waals surface area contributed by atoms with E-state index in [-0.39, 0.29) is 19.6 Å². The number of halogens is 3. The second kappa shape index (κ2) is 14.4. The molecule has 0 bridgehead atoms. The van der Waals surface area contributed by atoms with Gasteiger partial charge < -0.3 is 14.7 Å². The van der Waals surface area contributed by atoms with Crippen LogP contribution in [0.2, 0.25) is 0 Å². The van der Waals surface area contributed by atoms with E-state index in [1.165, 1.54) is 29.6 Å². The second-order valence-corrected chi connectivity index (χ2v) is 12.4. The van der Waals surface area contributed by atoms with Gasteiger partial charge in [0.1, 0.15) is 0 Å². The largest absolute Gasteiger partial charge is 0.490 e. The SMILES string of the molecule is Cc1cc(CN(Cc2cc(C)c(C)cc2-c2cc(C(C)C)c(C)cc2C)c2ncc(OCCCC(=O)O)cn2)cc(C(F)(F)F)c1. The monoisotopic (exact) mass is 633 g/mol. The van der Waals surface area contributed by atoms with Gasteiger partial charge in [0.25, 0.3) is 0 Å². The van der Waals surface area contributed by atoms with Gasteiger partial charge in [0.2, 0.25) is 5.95 Å². The van der Waals surface area contributed by atoms with E-state index < -0.39 is 17.7 Å². The molecular formula is C37H42F3N3O3. The number of ether oxygens (including phenoxy) is 1. The van der Waals surface area contributed by atoms with Crippen molar-refractivity contribution in [1.82, 2.24) is 9.97 Å². The molecule has 0 spiro atoms. The first-order valence-corrected chi connectivity index (χ1v) is 15.4. The van der Waals surface area contributed by atoms with Gasteiger partial charge in [-0.15, -0.1) is 0 Å². The van der Waals surface area contributed by atoms with Gasteiger partial charge in [-0.25, -0.2) is 9.97 Å². The molecule has 46 heavy (non-hydrogen) atoms. The molecular weight excluding hydrogens is 591 g/mol. The minimum absolute atomic E-state index is 0.0133. The molecule has 0 fully saturated rings. The van der Waals surface area contributed by atoms with Gasteiger partial charge in [-0.05, 0) is 109 Å². The Hall–Kier alpha value is -4.40. The highest BCUT2D eigenvalue weighted by molar-refractivity contribution is 5.74. The van der Waals surface area contributed by atoms with Crippen molar-refractivity contribution in [2.24, 2.45) is 0 Å². The predicted octanol–water partition coefficient (Wildman–Crippen LogP) is 9.28. The molecule has 0 aliphatic heterocycles. The van der Waals surface area contributed by atoms with Gasteiger partial charge in [0.05, 0.1) is 24.6 Å². The summed E-state index contributed by atoms with van der Waals surface area (Å²) < 4.78 is 46.9. The molecule has 0 radical (unpaired) electrons. The number of alkyl halides is 3. The fourth-order valence-electron chi connectivity index (χ4n) is 5.74. The molecule has 1 heterocycles. The molecule has 0 aliphatic rings. The number of carboxylic acid groups (broad SMARTS) is 1. The average Bonchev–Trinajstić information content (AvgIpc) is 2.96. The van der Waals surface area contributed by atoms with Crippen LogP contribution in [0.3, 0.4) is 0 Å². The Morgan fingerprint density at radius 3 is 2.15 bits per heavy atom. The maximum absolute atomic E-state index is 13.8. The van der Waals surface area contributed by atoms with Crippen molar-refractivity contribution in [2.75, 3.05) is 11.5 Å². The molecule has 4 rings (SSSR count). The van der Waals surface area contributed by atoms with E-state index in [2.05, 4.69) is 75.8 Å². The minimum Gasteiger partial charge on any atom is -0.490 e. The molecule has 0 saturated heterocycles. The van der Waals surface area contributed by atoms with Gasteiger partial charge in [-0.3, -0.25) is 4.79 Å². The number of anilines is 1. The number of aryl methyl sites for hydroxylation is 5. The van der Waals surface area contributed by atoms with Crippen LogP contribution in [0, 0.1) is 34.6 Å². The predicted molar refractivity (Wildman–Crippen MR) is 175 cm³/mol. The zero-order valence-electron chi connectivity index (χ0n) is 27.5. The fraction of sp³-hybridized carbons (Fsp3) is 0.378. The van der Waals surface area contributed by atoms with Crippen LogP contribution in [0.15, 0.2) is 54.9 Å². The lowest BCUT2D eigenvalue weighted by Gasteiger charge is -2.26. The number of benzene rings is 3. The van der Waals surface area contributed by atoms with Crippen molar-refractivity contribution in [1.29, 1.82) is 0 Å². The lowest BCUT2D eigenvalue weighted by atomic mass is 9.87. The molecule has 0 atom stereocenters. The van der Waals surface area contributed by atoms with Crippen LogP contribution in [-0.2, 0) is 24.1 Å². The molecule has 1 aromatic heterocycles. The van der Waals surface area contributed by atoms with E-state index in [4.69, 9.17) is 9.84 Å². The van der Waals surface area contributed by atoms with Crippen molar-refractivity contribution >= 4 is 11.9 Å². The summed E-state index contributed by atoms with van der Waals surface area (Å²) in [7, 11) is 0. The average molecular weight is 634 g/mol. The van der Waals surface area contributed by atoms with Crippen LogP contribution in [0.4, 0.5) is 19.1 Å². The molecule has 244 valence electrons. The molecule has 4 aromatic rings. The number of carbonyl (C=O) groups is 1. The number of aromatic nitrogens is 2. The zero-order chi connectivity index (χ0) is 33.8. The third-order valence-corrected chi connectivity index (χ3v) is 8.14. The number of aliphatic carboxylic acids is 1. The fourth-order valence-corrected chi connectivity index (χ4v) is 5.74. The van der Waals surface area contributed by atoms with Gasteiger partial charge >= 0.3 is 12.1 Å². The maximum Gasteiger partial charge on any atom is 0.416 e. The summed E-state index contributed by atoms with van der Waals surface area (Å²) in [6.45, 7) is 15.1. The Morgan fingerprint density at radius 1 is 0.848 bits per heavy atom. The van der Waals surface area contributed by atoms with Crippen LogP contribution in [-0.4, -0.2) is 27.7 Å².